The standard InChI is InChI=1S/C23H25NO3/c1-14(2)12-19(25)20-21(17-8-6-5-7-9-17)24(23(27)22(20)26)18-13-15(3)10-11-16(18)4/h5-11,13-14,21,26H,12H2,1-4H3. The molecule has 0 bridgehead atoms. The van der Waals surface area contributed by atoms with Gasteiger partial charge in [-0.15, -0.1) is 0 Å². The van der Waals surface area contributed by atoms with Crippen molar-refractivity contribution in [3.8, 4) is 0 Å². The zero-order chi connectivity index (χ0) is 19.7. The summed E-state index contributed by atoms with van der Waals surface area (Å²) in [6.07, 6.45) is 0.288. The van der Waals surface area contributed by atoms with Crippen molar-refractivity contribution in [1.29, 1.82) is 0 Å². The molecule has 140 valence electrons. The Morgan fingerprint density at radius 2 is 1.78 bits per heavy atom. The van der Waals surface area contributed by atoms with Crippen LogP contribution in [0.3, 0.4) is 0 Å². The van der Waals surface area contributed by atoms with Crippen molar-refractivity contribution in [1.82, 2.24) is 0 Å². The van der Waals surface area contributed by atoms with Gasteiger partial charge in [-0.05, 0) is 42.5 Å². The fourth-order valence-electron chi connectivity index (χ4n) is 3.55. The number of rotatable bonds is 5. The third kappa shape index (κ3) is 3.52. The fraction of sp³-hybridized carbons (Fsp3) is 0.304. The van der Waals surface area contributed by atoms with E-state index >= 15 is 0 Å². The molecule has 1 aliphatic heterocycles. The Bertz CT molecular complexity index is 912. The van der Waals surface area contributed by atoms with Crippen LogP contribution in [0.4, 0.5) is 5.69 Å². The van der Waals surface area contributed by atoms with Gasteiger partial charge in [0.05, 0.1) is 11.6 Å². The molecule has 0 radical (unpaired) electrons. The number of carbonyl (C=O) groups excluding carboxylic acids is 2. The Labute approximate surface area is 160 Å². The van der Waals surface area contributed by atoms with Crippen LogP contribution in [0.1, 0.15) is 43.0 Å². The first-order valence-corrected chi connectivity index (χ1v) is 9.23. The van der Waals surface area contributed by atoms with Gasteiger partial charge >= 0.3 is 0 Å². The van der Waals surface area contributed by atoms with Crippen LogP contribution in [0.25, 0.3) is 0 Å². The molecule has 2 aromatic rings. The molecule has 4 heteroatoms. The van der Waals surface area contributed by atoms with Crippen molar-refractivity contribution in [2.45, 2.75) is 40.2 Å². The summed E-state index contributed by atoms with van der Waals surface area (Å²) in [5.74, 6) is -1.00. The Balaban J connectivity index is 2.18. The van der Waals surface area contributed by atoms with E-state index in [1.165, 1.54) is 0 Å². The van der Waals surface area contributed by atoms with E-state index in [2.05, 4.69) is 0 Å². The van der Waals surface area contributed by atoms with E-state index in [-0.39, 0.29) is 23.7 Å². The molecule has 27 heavy (non-hydrogen) atoms. The van der Waals surface area contributed by atoms with E-state index in [1.807, 2.05) is 76.2 Å². The molecule has 1 atom stereocenters. The van der Waals surface area contributed by atoms with Gasteiger partial charge in [-0.3, -0.25) is 14.5 Å². The van der Waals surface area contributed by atoms with Crippen LogP contribution in [0.5, 0.6) is 0 Å². The van der Waals surface area contributed by atoms with Crippen LogP contribution in [0.15, 0.2) is 59.9 Å². The Hall–Kier alpha value is -2.88. The van der Waals surface area contributed by atoms with Gasteiger partial charge in [0.1, 0.15) is 0 Å². The Morgan fingerprint density at radius 3 is 2.41 bits per heavy atom. The van der Waals surface area contributed by atoms with Gasteiger partial charge in [0.25, 0.3) is 5.91 Å². The molecule has 0 spiro atoms. The molecule has 2 aromatic carbocycles. The predicted molar refractivity (Wildman–Crippen MR) is 107 cm³/mol. The van der Waals surface area contributed by atoms with Gasteiger partial charge in [0.15, 0.2) is 11.5 Å². The number of nitrogens with zero attached hydrogens (tertiary/aromatic N) is 1. The minimum absolute atomic E-state index is 0.138. The molecule has 0 saturated heterocycles. The fourth-order valence-corrected chi connectivity index (χ4v) is 3.55. The number of benzene rings is 2. The minimum atomic E-state index is -0.620. The second-order valence-electron chi connectivity index (χ2n) is 7.56. The van der Waals surface area contributed by atoms with Crippen LogP contribution in [0.2, 0.25) is 0 Å². The number of aryl methyl sites for hydroxylation is 2. The molecule has 1 amide bonds. The van der Waals surface area contributed by atoms with Crippen molar-refractivity contribution >= 4 is 17.4 Å². The van der Waals surface area contributed by atoms with Gasteiger partial charge in [-0.2, -0.15) is 0 Å². The first-order chi connectivity index (χ1) is 12.8. The molecule has 4 nitrogen and oxygen atoms in total. The highest BCUT2D eigenvalue weighted by atomic mass is 16.3. The van der Waals surface area contributed by atoms with E-state index < -0.39 is 17.7 Å². The number of anilines is 1. The lowest BCUT2D eigenvalue weighted by molar-refractivity contribution is -0.118. The molecule has 1 unspecified atom stereocenters. The van der Waals surface area contributed by atoms with Crippen LogP contribution in [-0.2, 0) is 9.59 Å². The molecule has 0 aromatic heterocycles. The van der Waals surface area contributed by atoms with Crippen LogP contribution in [-0.4, -0.2) is 16.8 Å². The van der Waals surface area contributed by atoms with E-state index in [4.69, 9.17) is 0 Å². The number of amides is 1. The SMILES string of the molecule is Cc1ccc(C)c(N2C(=O)C(O)=C(C(=O)CC(C)C)C2c2ccccc2)c1. The minimum Gasteiger partial charge on any atom is -0.503 e. The second-order valence-corrected chi connectivity index (χ2v) is 7.56. The van der Waals surface area contributed by atoms with Gasteiger partial charge in [-0.1, -0.05) is 56.3 Å². The summed E-state index contributed by atoms with van der Waals surface area (Å²) in [6.45, 7) is 7.78. The molecule has 1 N–H and O–H groups in total. The van der Waals surface area contributed by atoms with Gasteiger partial charge in [-0.25, -0.2) is 0 Å². The predicted octanol–water partition coefficient (Wildman–Crippen LogP) is 4.82. The van der Waals surface area contributed by atoms with E-state index in [0.717, 1.165) is 16.7 Å². The normalized spacial score (nSPS) is 17.1. The Kier molecular flexibility index (Phi) is 5.17. The molecular weight excluding hydrogens is 338 g/mol. The third-order valence-electron chi connectivity index (χ3n) is 4.84. The molecule has 0 saturated carbocycles. The highest BCUT2D eigenvalue weighted by molar-refractivity contribution is 6.16. The molecule has 0 fully saturated rings. The Morgan fingerprint density at radius 1 is 1.11 bits per heavy atom. The highest BCUT2D eigenvalue weighted by Crippen LogP contribution is 2.42. The van der Waals surface area contributed by atoms with Crippen LogP contribution in [0, 0.1) is 19.8 Å². The van der Waals surface area contributed by atoms with E-state index in [9.17, 15) is 14.7 Å². The maximum Gasteiger partial charge on any atom is 0.294 e. The van der Waals surface area contributed by atoms with Crippen molar-refractivity contribution in [3.05, 3.63) is 76.6 Å². The average molecular weight is 363 g/mol. The zero-order valence-corrected chi connectivity index (χ0v) is 16.2. The molecule has 0 aliphatic carbocycles. The number of hydrogen-bond acceptors (Lipinski definition) is 3. The number of carbonyl (C=O) groups is 2. The lowest BCUT2D eigenvalue weighted by atomic mass is 9.92. The van der Waals surface area contributed by atoms with Gasteiger partial charge < -0.3 is 5.11 Å². The number of Topliss-reactive ketones (excluding diaryl/α,β-unsaturated/α-hetero) is 1. The zero-order valence-electron chi connectivity index (χ0n) is 16.2. The topological polar surface area (TPSA) is 57.6 Å². The number of aliphatic hydroxyl groups excluding tert-OH is 1. The first kappa shape index (κ1) is 18.9. The maximum absolute atomic E-state index is 13.0. The van der Waals surface area contributed by atoms with E-state index in [1.54, 1.807) is 4.90 Å². The van der Waals surface area contributed by atoms with Crippen molar-refractivity contribution in [3.63, 3.8) is 0 Å². The van der Waals surface area contributed by atoms with Crippen molar-refractivity contribution < 1.29 is 14.7 Å². The number of aliphatic hydroxyl groups is 1. The van der Waals surface area contributed by atoms with E-state index in [0.29, 0.717) is 5.69 Å². The quantitative estimate of drug-likeness (QED) is 0.829. The summed E-state index contributed by atoms with van der Waals surface area (Å²) < 4.78 is 0. The first-order valence-electron chi connectivity index (χ1n) is 9.23. The smallest absolute Gasteiger partial charge is 0.294 e. The largest absolute Gasteiger partial charge is 0.503 e. The van der Waals surface area contributed by atoms with Crippen molar-refractivity contribution in [2.24, 2.45) is 5.92 Å². The van der Waals surface area contributed by atoms with Crippen LogP contribution >= 0.6 is 0 Å². The molecule has 3 rings (SSSR count). The maximum atomic E-state index is 13.0. The summed E-state index contributed by atoms with van der Waals surface area (Å²) in [6, 6.07) is 14.6. The summed E-state index contributed by atoms with van der Waals surface area (Å²) in [7, 11) is 0. The average Bonchev–Trinajstić information content (AvgIpc) is 2.89. The second kappa shape index (κ2) is 7.39. The number of hydrogen-bond donors (Lipinski definition) is 1. The monoisotopic (exact) mass is 363 g/mol. The summed E-state index contributed by atoms with van der Waals surface area (Å²) in [5, 5.41) is 10.6. The lowest BCUT2D eigenvalue weighted by Crippen LogP contribution is -2.31. The van der Waals surface area contributed by atoms with Crippen LogP contribution < -0.4 is 4.90 Å². The summed E-state index contributed by atoms with van der Waals surface area (Å²) >= 11 is 0. The van der Waals surface area contributed by atoms with Gasteiger partial charge in [0, 0.05) is 12.1 Å². The lowest BCUT2D eigenvalue weighted by Gasteiger charge is -2.28. The van der Waals surface area contributed by atoms with Gasteiger partial charge in [0.2, 0.25) is 0 Å². The number of ketones is 1. The third-order valence-corrected chi connectivity index (χ3v) is 4.84. The highest BCUT2D eigenvalue weighted by Gasteiger charge is 2.44. The molecular formula is C23H25NO3. The molecule has 1 heterocycles. The van der Waals surface area contributed by atoms with Crippen molar-refractivity contribution in [2.75, 3.05) is 4.90 Å². The summed E-state index contributed by atoms with van der Waals surface area (Å²) in [4.78, 5) is 27.5. The summed E-state index contributed by atoms with van der Waals surface area (Å²) in [5.41, 5.74) is 3.65. The molecule has 1 aliphatic rings.